The lowest BCUT2D eigenvalue weighted by molar-refractivity contribution is 0.104. The molecule has 2 nitrogen and oxygen atoms in total. The van der Waals surface area contributed by atoms with E-state index in [0.29, 0.717) is 5.56 Å². The van der Waals surface area contributed by atoms with Gasteiger partial charge in [-0.1, -0.05) is 12.1 Å². The van der Waals surface area contributed by atoms with Crippen LogP contribution in [0.15, 0.2) is 41.8 Å². The minimum atomic E-state index is 0.0710. The zero-order chi connectivity index (χ0) is 13.4. The van der Waals surface area contributed by atoms with Gasteiger partial charge in [-0.15, -0.1) is 11.3 Å². The van der Waals surface area contributed by atoms with Crippen molar-refractivity contribution in [2.45, 2.75) is 13.8 Å². The van der Waals surface area contributed by atoms with E-state index in [2.05, 4.69) is 4.98 Å². The number of benzene rings is 1. The number of pyridine rings is 1. The Morgan fingerprint density at radius 3 is 2.58 bits per heavy atom. The SMILES string of the molecule is Cc1cc(C(=O)c2cccc3ccsc23)cc(C)n1. The Morgan fingerprint density at radius 1 is 1.11 bits per heavy atom. The fourth-order valence-electron chi connectivity index (χ4n) is 2.29. The van der Waals surface area contributed by atoms with Gasteiger partial charge in [0.1, 0.15) is 0 Å². The molecule has 0 spiro atoms. The van der Waals surface area contributed by atoms with E-state index in [1.807, 2.05) is 55.6 Å². The summed E-state index contributed by atoms with van der Waals surface area (Å²) in [5.74, 6) is 0.0710. The molecule has 0 fully saturated rings. The molecule has 19 heavy (non-hydrogen) atoms. The number of aryl methyl sites for hydroxylation is 2. The van der Waals surface area contributed by atoms with Gasteiger partial charge < -0.3 is 0 Å². The molecule has 0 aliphatic heterocycles. The fourth-order valence-corrected chi connectivity index (χ4v) is 3.20. The van der Waals surface area contributed by atoms with E-state index in [9.17, 15) is 4.79 Å². The predicted molar refractivity (Wildman–Crippen MR) is 79.0 cm³/mol. The summed E-state index contributed by atoms with van der Waals surface area (Å²) in [6, 6.07) is 11.6. The molecule has 94 valence electrons. The van der Waals surface area contributed by atoms with Gasteiger partial charge in [-0.3, -0.25) is 9.78 Å². The first kappa shape index (κ1) is 12.1. The summed E-state index contributed by atoms with van der Waals surface area (Å²) >= 11 is 1.61. The fraction of sp³-hybridized carbons (Fsp3) is 0.125. The summed E-state index contributed by atoms with van der Waals surface area (Å²) in [7, 11) is 0. The predicted octanol–water partition coefficient (Wildman–Crippen LogP) is 4.14. The van der Waals surface area contributed by atoms with Crippen molar-refractivity contribution in [1.29, 1.82) is 0 Å². The summed E-state index contributed by atoms with van der Waals surface area (Å²) in [4.78, 5) is 17.0. The van der Waals surface area contributed by atoms with E-state index in [1.165, 1.54) is 0 Å². The molecule has 2 heterocycles. The second-order valence-electron chi connectivity index (χ2n) is 4.61. The Labute approximate surface area is 115 Å². The number of thiophene rings is 1. The highest BCUT2D eigenvalue weighted by molar-refractivity contribution is 7.17. The highest BCUT2D eigenvalue weighted by Gasteiger charge is 2.14. The maximum atomic E-state index is 12.6. The zero-order valence-electron chi connectivity index (χ0n) is 10.8. The second-order valence-corrected chi connectivity index (χ2v) is 5.53. The van der Waals surface area contributed by atoms with Gasteiger partial charge in [0, 0.05) is 27.2 Å². The van der Waals surface area contributed by atoms with Crippen LogP contribution in [-0.4, -0.2) is 10.8 Å². The molecular formula is C16H13NOS. The first-order valence-corrected chi connectivity index (χ1v) is 6.99. The second kappa shape index (κ2) is 4.59. The standard InChI is InChI=1S/C16H13NOS/c1-10-8-13(9-11(2)17-10)15(18)14-5-3-4-12-6-7-19-16(12)14/h3-9H,1-2H3. The summed E-state index contributed by atoms with van der Waals surface area (Å²) in [5.41, 5.74) is 3.24. The first-order valence-electron chi connectivity index (χ1n) is 6.11. The van der Waals surface area contributed by atoms with Gasteiger partial charge in [0.05, 0.1) is 0 Å². The molecular weight excluding hydrogens is 254 g/mol. The van der Waals surface area contributed by atoms with Gasteiger partial charge in [-0.25, -0.2) is 0 Å². The van der Waals surface area contributed by atoms with E-state index in [4.69, 9.17) is 0 Å². The summed E-state index contributed by atoms with van der Waals surface area (Å²) < 4.78 is 1.06. The third-order valence-electron chi connectivity index (χ3n) is 3.07. The zero-order valence-corrected chi connectivity index (χ0v) is 11.6. The molecule has 2 aromatic heterocycles. The number of rotatable bonds is 2. The minimum absolute atomic E-state index is 0.0710. The van der Waals surface area contributed by atoms with E-state index in [0.717, 1.165) is 27.0 Å². The van der Waals surface area contributed by atoms with Crippen molar-refractivity contribution < 1.29 is 4.79 Å². The Balaban J connectivity index is 2.16. The van der Waals surface area contributed by atoms with Crippen molar-refractivity contribution in [1.82, 2.24) is 4.98 Å². The van der Waals surface area contributed by atoms with Crippen LogP contribution in [0, 0.1) is 13.8 Å². The molecule has 3 heteroatoms. The van der Waals surface area contributed by atoms with Crippen molar-refractivity contribution >= 4 is 27.2 Å². The quantitative estimate of drug-likeness (QED) is 0.653. The van der Waals surface area contributed by atoms with E-state index >= 15 is 0 Å². The average molecular weight is 267 g/mol. The first-order chi connectivity index (χ1) is 9.15. The van der Waals surface area contributed by atoms with Crippen LogP contribution in [-0.2, 0) is 0 Å². The lowest BCUT2D eigenvalue weighted by atomic mass is 10.0. The molecule has 0 radical (unpaired) electrons. The van der Waals surface area contributed by atoms with Crippen LogP contribution in [0.1, 0.15) is 27.3 Å². The highest BCUT2D eigenvalue weighted by atomic mass is 32.1. The molecule has 0 atom stereocenters. The summed E-state index contributed by atoms with van der Waals surface area (Å²) in [5, 5.41) is 3.14. The van der Waals surface area contributed by atoms with Gasteiger partial charge in [0.2, 0.25) is 0 Å². The van der Waals surface area contributed by atoms with E-state index < -0.39 is 0 Å². The molecule has 0 bridgehead atoms. The van der Waals surface area contributed by atoms with Crippen molar-refractivity contribution in [2.75, 3.05) is 0 Å². The van der Waals surface area contributed by atoms with Gasteiger partial charge >= 0.3 is 0 Å². The van der Waals surface area contributed by atoms with Crippen molar-refractivity contribution in [3.05, 3.63) is 64.3 Å². The Kier molecular flexibility index (Phi) is 2.91. The number of carbonyl (C=O) groups is 1. The van der Waals surface area contributed by atoms with Crippen LogP contribution in [0.3, 0.4) is 0 Å². The topological polar surface area (TPSA) is 30.0 Å². The van der Waals surface area contributed by atoms with Crippen LogP contribution in [0.4, 0.5) is 0 Å². The van der Waals surface area contributed by atoms with Crippen LogP contribution in [0.25, 0.3) is 10.1 Å². The monoisotopic (exact) mass is 267 g/mol. The largest absolute Gasteiger partial charge is 0.289 e. The number of hydrogen-bond acceptors (Lipinski definition) is 3. The smallest absolute Gasteiger partial charge is 0.194 e. The van der Waals surface area contributed by atoms with Crippen LogP contribution in [0.5, 0.6) is 0 Å². The summed E-state index contributed by atoms with van der Waals surface area (Å²) in [6.07, 6.45) is 0. The van der Waals surface area contributed by atoms with Crippen LogP contribution < -0.4 is 0 Å². The number of hydrogen-bond donors (Lipinski definition) is 0. The van der Waals surface area contributed by atoms with Gasteiger partial charge in [0.25, 0.3) is 0 Å². The molecule has 3 rings (SSSR count). The van der Waals surface area contributed by atoms with Crippen LogP contribution >= 0.6 is 11.3 Å². The molecule has 0 amide bonds. The Morgan fingerprint density at radius 2 is 1.84 bits per heavy atom. The number of carbonyl (C=O) groups excluding carboxylic acids is 1. The lowest BCUT2D eigenvalue weighted by Gasteiger charge is -2.05. The number of fused-ring (bicyclic) bond motifs is 1. The van der Waals surface area contributed by atoms with Crippen molar-refractivity contribution in [3.63, 3.8) is 0 Å². The van der Waals surface area contributed by atoms with E-state index in [1.54, 1.807) is 11.3 Å². The molecule has 0 saturated heterocycles. The molecule has 0 saturated carbocycles. The van der Waals surface area contributed by atoms with Gasteiger partial charge in [-0.05, 0) is 48.9 Å². The van der Waals surface area contributed by atoms with Crippen LogP contribution in [0.2, 0.25) is 0 Å². The number of ketones is 1. The van der Waals surface area contributed by atoms with Crippen molar-refractivity contribution in [3.8, 4) is 0 Å². The van der Waals surface area contributed by atoms with Crippen molar-refractivity contribution in [2.24, 2.45) is 0 Å². The van der Waals surface area contributed by atoms with Gasteiger partial charge in [0.15, 0.2) is 5.78 Å². The molecule has 3 aromatic rings. The number of nitrogens with zero attached hydrogens (tertiary/aromatic N) is 1. The Hall–Kier alpha value is -2.00. The molecule has 0 unspecified atom stereocenters. The maximum absolute atomic E-state index is 12.6. The minimum Gasteiger partial charge on any atom is -0.289 e. The molecule has 0 N–H and O–H groups in total. The number of aromatic nitrogens is 1. The molecule has 0 aliphatic carbocycles. The molecule has 0 aliphatic rings. The normalized spacial score (nSPS) is 10.8. The third kappa shape index (κ3) is 2.17. The lowest BCUT2D eigenvalue weighted by Crippen LogP contribution is -2.03. The third-order valence-corrected chi connectivity index (χ3v) is 4.03. The average Bonchev–Trinajstić information content (AvgIpc) is 2.84. The highest BCUT2D eigenvalue weighted by Crippen LogP contribution is 2.26. The summed E-state index contributed by atoms with van der Waals surface area (Å²) in [6.45, 7) is 3.82. The van der Waals surface area contributed by atoms with Gasteiger partial charge in [-0.2, -0.15) is 0 Å². The van der Waals surface area contributed by atoms with E-state index in [-0.39, 0.29) is 5.78 Å². The molecule has 1 aromatic carbocycles. The maximum Gasteiger partial charge on any atom is 0.194 e. The Bertz CT molecular complexity index is 753.